The highest BCUT2D eigenvalue weighted by molar-refractivity contribution is 5.86. The third kappa shape index (κ3) is 3.32. The summed E-state index contributed by atoms with van der Waals surface area (Å²) in [5.74, 6) is 1.74. The molecule has 0 aromatic carbocycles. The van der Waals surface area contributed by atoms with Gasteiger partial charge in [0.25, 0.3) is 0 Å². The minimum atomic E-state index is 0.594. The number of piperazine rings is 1. The maximum atomic E-state index is 5.53. The lowest BCUT2D eigenvalue weighted by atomic mass is 10.2. The maximum absolute atomic E-state index is 5.53. The lowest BCUT2D eigenvalue weighted by molar-refractivity contribution is 0.312. The molecule has 8 nitrogen and oxygen atoms in total. The first-order valence-electron chi connectivity index (χ1n) is 8.91. The molecule has 0 spiro atoms. The van der Waals surface area contributed by atoms with Crippen molar-refractivity contribution >= 4 is 16.9 Å². The van der Waals surface area contributed by atoms with Gasteiger partial charge in [-0.3, -0.25) is 4.98 Å². The fraction of sp³-hybridized carbons (Fsp3) is 0.444. The van der Waals surface area contributed by atoms with Crippen LogP contribution in [0.5, 0.6) is 5.75 Å². The minimum Gasteiger partial charge on any atom is -0.492 e. The number of rotatable bonds is 5. The number of hydrogen-bond acceptors (Lipinski definition) is 7. The zero-order valence-electron chi connectivity index (χ0n) is 15.2. The van der Waals surface area contributed by atoms with Gasteiger partial charge in [-0.1, -0.05) is 0 Å². The zero-order chi connectivity index (χ0) is 17.9. The second-order valence-corrected chi connectivity index (χ2v) is 6.49. The zero-order valence-corrected chi connectivity index (χ0v) is 15.2. The van der Waals surface area contributed by atoms with Crippen LogP contribution in [0.4, 0.5) is 5.82 Å². The van der Waals surface area contributed by atoms with Gasteiger partial charge in [0, 0.05) is 32.4 Å². The lowest BCUT2D eigenvalue weighted by Crippen LogP contribution is -2.44. The Morgan fingerprint density at radius 2 is 1.92 bits per heavy atom. The molecular weight excluding hydrogens is 330 g/mol. The number of pyridine rings is 1. The van der Waals surface area contributed by atoms with Crippen LogP contribution in [0.3, 0.4) is 0 Å². The standard InChI is InChI=1S/C18H23N7O/c1-3-26-15-8-14(9-19-10-15)12-25-18-16(11-22-25)17(20-13-21-18)24-6-4-23(2)5-7-24/h8-11,13H,3-7,12H2,1-2H3. The first-order valence-corrected chi connectivity index (χ1v) is 8.91. The van der Waals surface area contributed by atoms with Crippen molar-refractivity contribution in [2.75, 3.05) is 44.7 Å². The number of fused-ring (bicyclic) bond motifs is 1. The Balaban J connectivity index is 1.61. The van der Waals surface area contributed by atoms with Gasteiger partial charge in [-0.25, -0.2) is 14.6 Å². The predicted molar refractivity (Wildman–Crippen MR) is 99.5 cm³/mol. The molecule has 0 N–H and O–H groups in total. The van der Waals surface area contributed by atoms with E-state index in [9.17, 15) is 0 Å². The van der Waals surface area contributed by atoms with Crippen LogP contribution in [0.1, 0.15) is 12.5 Å². The van der Waals surface area contributed by atoms with Crippen molar-refractivity contribution in [2.24, 2.45) is 0 Å². The van der Waals surface area contributed by atoms with E-state index in [-0.39, 0.29) is 0 Å². The van der Waals surface area contributed by atoms with E-state index in [1.165, 1.54) is 0 Å². The molecule has 1 aliphatic rings. The van der Waals surface area contributed by atoms with Crippen molar-refractivity contribution in [3.8, 4) is 5.75 Å². The van der Waals surface area contributed by atoms with Gasteiger partial charge < -0.3 is 14.5 Å². The fourth-order valence-electron chi connectivity index (χ4n) is 3.24. The summed E-state index contributed by atoms with van der Waals surface area (Å²) in [7, 11) is 2.15. The Hall–Kier alpha value is -2.74. The van der Waals surface area contributed by atoms with Crippen LogP contribution in [0, 0.1) is 0 Å². The van der Waals surface area contributed by atoms with E-state index < -0.39 is 0 Å². The molecule has 0 aliphatic carbocycles. The van der Waals surface area contributed by atoms with E-state index in [1.807, 2.05) is 30.1 Å². The highest BCUT2D eigenvalue weighted by Crippen LogP contribution is 2.24. The van der Waals surface area contributed by atoms with Crippen LogP contribution >= 0.6 is 0 Å². The van der Waals surface area contributed by atoms with E-state index in [0.29, 0.717) is 13.2 Å². The predicted octanol–water partition coefficient (Wildman–Crippen LogP) is 1.42. The van der Waals surface area contributed by atoms with Crippen LogP contribution in [0.25, 0.3) is 11.0 Å². The molecule has 0 unspecified atom stereocenters. The van der Waals surface area contributed by atoms with Crippen molar-refractivity contribution < 1.29 is 4.74 Å². The molecule has 1 saturated heterocycles. The number of hydrogen-bond donors (Lipinski definition) is 0. The summed E-state index contributed by atoms with van der Waals surface area (Å²) in [6.45, 7) is 7.19. The first kappa shape index (κ1) is 16.7. The van der Waals surface area contributed by atoms with Gasteiger partial charge in [-0.05, 0) is 25.6 Å². The Morgan fingerprint density at radius 3 is 2.73 bits per heavy atom. The smallest absolute Gasteiger partial charge is 0.163 e. The van der Waals surface area contributed by atoms with Crippen LogP contribution < -0.4 is 9.64 Å². The Kier molecular flexibility index (Phi) is 4.66. The Bertz CT molecular complexity index is 886. The van der Waals surface area contributed by atoms with Gasteiger partial charge in [0.05, 0.1) is 30.9 Å². The summed E-state index contributed by atoms with van der Waals surface area (Å²) in [4.78, 5) is 17.9. The number of aromatic nitrogens is 5. The summed E-state index contributed by atoms with van der Waals surface area (Å²) >= 11 is 0. The van der Waals surface area contributed by atoms with Crippen LogP contribution in [-0.4, -0.2) is 69.5 Å². The molecule has 0 atom stereocenters. The third-order valence-electron chi connectivity index (χ3n) is 4.63. The Morgan fingerprint density at radius 1 is 1.08 bits per heavy atom. The van der Waals surface area contributed by atoms with Crippen molar-refractivity contribution in [2.45, 2.75) is 13.5 Å². The summed E-state index contributed by atoms with van der Waals surface area (Å²) in [5, 5.41) is 5.54. The van der Waals surface area contributed by atoms with E-state index in [0.717, 1.165) is 54.3 Å². The number of likely N-dealkylation sites (N-methyl/N-ethyl adjacent to an activating group) is 1. The van der Waals surface area contributed by atoms with E-state index in [4.69, 9.17) is 4.74 Å². The molecule has 1 fully saturated rings. The number of anilines is 1. The van der Waals surface area contributed by atoms with Gasteiger partial charge in [0.2, 0.25) is 0 Å². The lowest BCUT2D eigenvalue weighted by Gasteiger charge is -2.33. The Labute approximate surface area is 152 Å². The molecule has 4 rings (SSSR count). The molecule has 136 valence electrons. The quantitative estimate of drug-likeness (QED) is 0.687. The van der Waals surface area contributed by atoms with Crippen LogP contribution in [0.15, 0.2) is 31.0 Å². The highest BCUT2D eigenvalue weighted by Gasteiger charge is 2.19. The van der Waals surface area contributed by atoms with Crippen molar-refractivity contribution in [1.29, 1.82) is 0 Å². The maximum Gasteiger partial charge on any atom is 0.163 e. The molecule has 0 saturated carbocycles. The fourth-order valence-corrected chi connectivity index (χ4v) is 3.24. The second kappa shape index (κ2) is 7.25. The molecule has 1 aliphatic heterocycles. The summed E-state index contributed by atoms with van der Waals surface area (Å²) in [6, 6.07) is 1.99. The molecule has 0 amide bonds. The molecular formula is C18H23N7O. The van der Waals surface area contributed by atoms with Gasteiger partial charge in [0.15, 0.2) is 5.65 Å². The number of ether oxygens (including phenoxy) is 1. The molecule has 8 heteroatoms. The van der Waals surface area contributed by atoms with Crippen molar-refractivity contribution in [3.05, 3.63) is 36.5 Å². The highest BCUT2D eigenvalue weighted by atomic mass is 16.5. The van der Waals surface area contributed by atoms with E-state index in [1.54, 1.807) is 12.5 Å². The molecule has 0 bridgehead atoms. The molecule has 0 radical (unpaired) electrons. The molecule has 4 heterocycles. The average molecular weight is 353 g/mol. The van der Waals surface area contributed by atoms with Gasteiger partial charge in [0.1, 0.15) is 17.9 Å². The van der Waals surface area contributed by atoms with E-state index in [2.05, 4.69) is 36.9 Å². The summed E-state index contributed by atoms with van der Waals surface area (Å²) in [6.07, 6.45) is 7.05. The van der Waals surface area contributed by atoms with Gasteiger partial charge >= 0.3 is 0 Å². The van der Waals surface area contributed by atoms with Crippen molar-refractivity contribution in [1.82, 2.24) is 29.6 Å². The van der Waals surface area contributed by atoms with Gasteiger partial charge in [-0.2, -0.15) is 5.10 Å². The van der Waals surface area contributed by atoms with Gasteiger partial charge in [-0.15, -0.1) is 0 Å². The minimum absolute atomic E-state index is 0.594. The second-order valence-electron chi connectivity index (χ2n) is 6.49. The number of nitrogens with zero attached hydrogens (tertiary/aromatic N) is 7. The monoisotopic (exact) mass is 353 g/mol. The third-order valence-corrected chi connectivity index (χ3v) is 4.63. The van der Waals surface area contributed by atoms with Crippen molar-refractivity contribution in [3.63, 3.8) is 0 Å². The van der Waals surface area contributed by atoms with E-state index >= 15 is 0 Å². The molecule has 26 heavy (non-hydrogen) atoms. The molecule has 3 aromatic rings. The topological polar surface area (TPSA) is 72.2 Å². The summed E-state index contributed by atoms with van der Waals surface area (Å²) in [5.41, 5.74) is 1.87. The first-order chi connectivity index (χ1) is 12.7. The normalized spacial score (nSPS) is 15.5. The summed E-state index contributed by atoms with van der Waals surface area (Å²) < 4.78 is 7.42. The molecule has 3 aromatic heterocycles. The van der Waals surface area contributed by atoms with Crippen LogP contribution in [0.2, 0.25) is 0 Å². The SMILES string of the molecule is CCOc1cncc(Cn2ncc3c(N4CCN(C)CC4)ncnc32)c1. The average Bonchev–Trinajstić information content (AvgIpc) is 3.06. The van der Waals surface area contributed by atoms with Crippen LogP contribution in [-0.2, 0) is 6.54 Å². The largest absolute Gasteiger partial charge is 0.492 e.